The lowest BCUT2D eigenvalue weighted by molar-refractivity contribution is 0.377. The third kappa shape index (κ3) is 2.75. The molecule has 1 aromatic carbocycles. The summed E-state index contributed by atoms with van der Waals surface area (Å²) in [6.45, 7) is 1.92. The predicted octanol–water partition coefficient (Wildman–Crippen LogP) is 3.14. The van der Waals surface area contributed by atoms with Crippen LogP contribution in [0.3, 0.4) is 0 Å². The first-order valence-corrected chi connectivity index (χ1v) is 6.38. The van der Waals surface area contributed by atoms with E-state index in [1.54, 1.807) is 33.5 Å². The maximum atomic E-state index is 5.42. The molecule has 0 atom stereocenters. The first-order valence-electron chi connectivity index (χ1n) is 5.97. The smallest absolute Gasteiger partial charge is 0.197 e. The molecule has 0 unspecified atom stereocenters. The second-order valence-corrected chi connectivity index (χ2v) is 4.55. The molecule has 106 valence electrons. The van der Waals surface area contributed by atoms with E-state index in [9.17, 15) is 0 Å². The Bertz CT molecular complexity index is 657. The van der Waals surface area contributed by atoms with Crippen LogP contribution in [0.15, 0.2) is 18.2 Å². The van der Waals surface area contributed by atoms with E-state index in [4.69, 9.17) is 26.4 Å². The van der Waals surface area contributed by atoms with Gasteiger partial charge < -0.3 is 19.2 Å². The third-order valence-electron chi connectivity index (χ3n) is 2.85. The van der Waals surface area contributed by atoms with Crippen LogP contribution in [0.2, 0.25) is 0 Å². The number of aromatic nitrogens is 2. The fourth-order valence-corrected chi connectivity index (χ4v) is 2.22. The van der Waals surface area contributed by atoms with Crippen molar-refractivity contribution >= 4 is 12.2 Å². The van der Waals surface area contributed by atoms with Crippen molar-refractivity contribution in [1.29, 1.82) is 0 Å². The summed E-state index contributed by atoms with van der Waals surface area (Å²) in [4.78, 5) is 7.31. The van der Waals surface area contributed by atoms with Gasteiger partial charge in [0.1, 0.15) is 17.2 Å². The first kappa shape index (κ1) is 14.3. The zero-order chi connectivity index (χ0) is 14.7. The summed E-state index contributed by atoms with van der Waals surface area (Å²) in [5.74, 6) is 1.89. The standard InChI is InChI=1S/C14H16N2O3S/c1-8-5-10(16-14(20)15-8)13-11(18-3)6-9(17-2)7-12(13)19-4/h5-7H,1-4H3,(H,15,16,20). The summed E-state index contributed by atoms with van der Waals surface area (Å²) >= 11 is 5.12. The molecule has 1 aromatic heterocycles. The molecule has 0 radical (unpaired) electrons. The van der Waals surface area contributed by atoms with Gasteiger partial charge in [-0.2, -0.15) is 0 Å². The van der Waals surface area contributed by atoms with Gasteiger partial charge >= 0.3 is 0 Å². The fraction of sp³-hybridized carbons (Fsp3) is 0.286. The van der Waals surface area contributed by atoms with Gasteiger partial charge in [0.2, 0.25) is 0 Å². The summed E-state index contributed by atoms with van der Waals surface area (Å²) < 4.78 is 16.5. The van der Waals surface area contributed by atoms with E-state index in [-0.39, 0.29) is 0 Å². The van der Waals surface area contributed by atoms with Gasteiger partial charge in [0.25, 0.3) is 0 Å². The highest BCUT2D eigenvalue weighted by Crippen LogP contribution is 2.40. The number of methoxy groups -OCH3 is 3. The summed E-state index contributed by atoms with van der Waals surface area (Å²) in [6.07, 6.45) is 0. The number of H-pyrrole nitrogens is 1. The number of rotatable bonds is 4. The Labute approximate surface area is 122 Å². The number of aryl methyl sites for hydroxylation is 1. The van der Waals surface area contributed by atoms with Gasteiger partial charge in [-0.25, -0.2) is 4.98 Å². The number of benzene rings is 1. The summed E-state index contributed by atoms with van der Waals surface area (Å²) in [7, 11) is 4.78. The van der Waals surface area contributed by atoms with Gasteiger partial charge in [-0.3, -0.25) is 0 Å². The molecular weight excluding hydrogens is 276 g/mol. The molecule has 0 aliphatic rings. The van der Waals surface area contributed by atoms with Gasteiger partial charge in [0.15, 0.2) is 4.77 Å². The summed E-state index contributed by atoms with van der Waals surface area (Å²) in [5.41, 5.74) is 2.36. The molecule has 5 nitrogen and oxygen atoms in total. The van der Waals surface area contributed by atoms with E-state index in [1.807, 2.05) is 13.0 Å². The van der Waals surface area contributed by atoms with E-state index < -0.39 is 0 Å². The average Bonchev–Trinajstić information content (AvgIpc) is 2.44. The number of aromatic amines is 1. The molecule has 20 heavy (non-hydrogen) atoms. The molecule has 0 aliphatic carbocycles. The highest BCUT2D eigenvalue weighted by Gasteiger charge is 2.16. The Balaban J connectivity index is 2.74. The lowest BCUT2D eigenvalue weighted by Gasteiger charge is -2.14. The van der Waals surface area contributed by atoms with Crippen molar-refractivity contribution in [1.82, 2.24) is 9.97 Å². The van der Waals surface area contributed by atoms with Gasteiger partial charge in [0, 0.05) is 17.8 Å². The second kappa shape index (κ2) is 5.92. The van der Waals surface area contributed by atoms with Gasteiger partial charge in [0.05, 0.1) is 32.6 Å². The molecule has 0 aliphatic heterocycles. The van der Waals surface area contributed by atoms with Crippen molar-refractivity contribution < 1.29 is 14.2 Å². The van der Waals surface area contributed by atoms with Crippen LogP contribution in [0.25, 0.3) is 11.3 Å². The van der Waals surface area contributed by atoms with Crippen LogP contribution in [0.4, 0.5) is 0 Å². The van der Waals surface area contributed by atoms with E-state index >= 15 is 0 Å². The lowest BCUT2D eigenvalue weighted by Crippen LogP contribution is -1.98. The Morgan fingerprint density at radius 3 is 2.05 bits per heavy atom. The molecule has 0 saturated carbocycles. The molecular formula is C14H16N2O3S. The Hall–Kier alpha value is -2.08. The maximum Gasteiger partial charge on any atom is 0.197 e. The molecule has 6 heteroatoms. The van der Waals surface area contributed by atoms with Gasteiger partial charge in [-0.1, -0.05) is 0 Å². The number of hydrogen-bond acceptors (Lipinski definition) is 5. The zero-order valence-electron chi connectivity index (χ0n) is 11.8. The fourth-order valence-electron chi connectivity index (χ4n) is 1.97. The first-order chi connectivity index (χ1) is 9.58. The van der Waals surface area contributed by atoms with Crippen molar-refractivity contribution in [2.75, 3.05) is 21.3 Å². The predicted molar refractivity (Wildman–Crippen MR) is 79.3 cm³/mol. The van der Waals surface area contributed by atoms with Crippen molar-refractivity contribution in [3.8, 4) is 28.5 Å². The lowest BCUT2D eigenvalue weighted by atomic mass is 10.1. The van der Waals surface area contributed by atoms with Crippen LogP contribution >= 0.6 is 12.2 Å². The van der Waals surface area contributed by atoms with Crippen LogP contribution in [0.5, 0.6) is 17.2 Å². The van der Waals surface area contributed by atoms with Crippen molar-refractivity contribution in [2.24, 2.45) is 0 Å². The highest BCUT2D eigenvalue weighted by atomic mass is 32.1. The van der Waals surface area contributed by atoms with Crippen LogP contribution in [0.1, 0.15) is 5.69 Å². The third-order valence-corrected chi connectivity index (χ3v) is 3.04. The summed E-state index contributed by atoms with van der Waals surface area (Å²) in [5, 5.41) is 0. The minimum atomic E-state index is 0.417. The highest BCUT2D eigenvalue weighted by molar-refractivity contribution is 7.71. The Kier molecular flexibility index (Phi) is 4.24. The number of nitrogens with one attached hydrogen (secondary N) is 1. The number of nitrogens with zero attached hydrogens (tertiary/aromatic N) is 1. The number of ether oxygens (including phenoxy) is 3. The van der Waals surface area contributed by atoms with Crippen molar-refractivity contribution in [2.45, 2.75) is 6.92 Å². The van der Waals surface area contributed by atoms with E-state index in [0.717, 1.165) is 11.3 Å². The van der Waals surface area contributed by atoms with Crippen LogP contribution in [-0.4, -0.2) is 31.3 Å². The summed E-state index contributed by atoms with van der Waals surface area (Å²) in [6, 6.07) is 5.46. The zero-order valence-corrected chi connectivity index (χ0v) is 12.6. The second-order valence-electron chi connectivity index (χ2n) is 4.16. The van der Waals surface area contributed by atoms with E-state index in [0.29, 0.717) is 27.7 Å². The van der Waals surface area contributed by atoms with Crippen LogP contribution in [-0.2, 0) is 0 Å². The molecule has 1 N–H and O–H groups in total. The quantitative estimate of drug-likeness (QED) is 0.877. The number of hydrogen-bond donors (Lipinski definition) is 1. The van der Waals surface area contributed by atoms with Crippen LogP contribution in [0, 0.1) is 11.7 Å². The maximum absolute atomic E-state index is 5.42. The van der Waals surface area contributed by atoms with Gasteiger partial charge in [-0.15, -0.1) is 0 Å². The molecule has 0 spiro atoms. The van der Waals surface area contributed by atoms with Gasteiger partial charge in [-0.05, 0) is 25.2 Å². The molecule has 2 rings (SSSR count). The normalized spacial score (nSPS) is 10.2. The minimum Gasteiger partial charge on any atom is -0.496 e. The Morgan fingerprint density at radius 1 is 1.00 bits per heavy atom. The molecule has 0 fully saturated rings. The SMILES string of the molecule is COc1cc(OC)c(-c2cc(C)[nH]c(=S)n2)c(OC)c1. The largest absolute Gasteiger partial charge is 0.496 e. The molecule has 0 saturated heterocycles. The van der Waals surface area contributed by atoms with E-state index in [1.165, 1.54) is 0 Å². The topological polar surface area (TPSA) is 56.4 Å². The molecule has 2 aromatic rings. The van der Waals surface area contributed by atoms with E-state index in [2.05, 4.69) is 9.97 Å². The van der Waals surface area contributed by atoms with Crippen molar-refractivity contribution in [3.05, 3.63) is 28.7 Å². The van der Waals surface area contributed by atoms with Crippen molar-refractivity contribution in [3.63, 3.8) is 0 Å². The molecule has 1 heterocycles. The Morgan fingerprint density at radius 2 is 1.60 bits per heavy atom. The monoisotopic (exact) mass is 292 g/mol. The molecule has 0 amide bonds. The molecule has 0 bridgehead atoms. The van der Waals surface area contributed by atoms with Crippen LogP contribution < -0.4 is 14.2 Å². The average molecular weight is 292 g/mol. The minimum absolute atomic E-state index is 0.417.